The standard InChI is InChI=1S/C16H23N3O4S/c1-10(2)7-14(16(20)21)18-24(22,23)13-5-6-15-12(8-13)9-17-19(15)11(3)4/h5-6,8-11,14,18H,7H2,1-4H3,(H,20,21). The molecule has 0 saturated carbocycles. The van der Waals surface area contributed by atoms with Crippen molar-refractivity contribution in [2.45, 2.75) is 51.1 Å². The Kier molecular flexibility index (Phi) is 5.29. The second kappa shape index (κ2) is 6.90. The second-order valence-electron chi connectivity index (χ2n) is 6.55. The zero-order valence-electron chi connectivity index (χ0n) is 14.2. The van der Waals surface area contributed by atoms with E-state index in [0.29, 0.717) is 5.39 Å². The second-order valence-corrected chi connectivity index (χ2v) is 8.26. The summed E-state index contributed by atoms with van der Waals surface area (Å²) in [7, 11) is -3.92. The molecule has 8 heteroatoms. The molecule has 1 atom stereocenters. The Labute approximate surface area is 141 Å². The van der Waals surface area contributed by atoms with E-state index < -0.39 is 22.0 Å². The van der Waals surface area contributed by atoms with Gasteiger partial charge in [0, 0.05) is 11.4 Å². The first kappa shape index (κ1) is 18.4. The number of nitrogens with zero attached hydrogens (tertiary/aromatic N) is 2. The highest BCUT2D eigenvalue weighted by Gasteiger charge is 2.26. The van der Waals surface area contributed by atoms with Gasteiger partial charge >= 0.3 is 5.97 Å². The van der Waals surface area contributed by atoms with Gasteiger partial charge in [-0.3, -0.25) is 9.48 Å². The van der Waals surface area contributed by atoms with Crippen molar-refractivity contribution in [3.05, 3.63) is 24.4 Å². The van der Waals surface area contributed by atoms with E-state index in [9.17, 15) is 18.3 Å². The van der Waals surface area contributed by atoms with Crippen LogP contribution in [0.5, 0.6) is 0 Å². The molecule has 0 bridgehead atoms. The molecule has 1 aromatic heterocycles. The van der Waals surface area contributed by atoms with Crippen LogP contribution >= 0.6 is 0 Å². The normalized spacial score (nSPS) is 13.8. The number of carboxylic acid groups (broad SMARTS) is 1. The molecule has 0 saturated heterocycles. The monoisotopic (exact) mass is 353 g/mol. The minimum Gasteiger partial charge on any atom is -0.480 e. The van der Waals surface area contributed by atoms with Gasteiger partial charge in [-0.05, 0) is 44.4 Å². The molecule has 1 unspecified atom stereocenters. The third-order valence-corrected chi connectivity index (χ3v) is 5.14. The highest BCUT2D eigenvalue weighted by Crippen LogP contribution is 2.22. The minimum absolute atomic E-state index is 0.0355. The lowest BCUT2D eigenvalue weighted by Gasteiger charge is -2.16. The SMILES string of the molecule is CC(C)CC(NS(=O)(=O)c1ccc2c(cnn2C(C)C)c1)C(=O)O. The van der Waals surface area contributed by atoms with E-state index in [1.165, 1.54) is 12.1 Å². The molecule has 0 aliphatic carbocycles. The maximum Gasteiger partial charge on any atom is 0.321 e. The van der Waals surface area contributed by atoms with Crippen molar-refractivity contribution in [3.8, 4) is 0 Å². The molecule has 132 valence electrons. The molecule has 1 heterocycles. The van der Waals surface area contributed by atoms with E-state index in [0.717, 1.165) is 5.52 Å². The Morgan fingerprint density at radius 2 is 1.96 bits per heavy atom. The maximum absolute atomic E-state index is 12.5. The fourth-order valence-corrected chi connectivity index (χ4v) is 3.77. The number of carboxylic acids is 1. The molecule has 1 aromatic carbocycles. The third-order valence-electron chi connectivity index (χ3n) is 3.67. The molecular formula is C16H23N3O4S. The van der Waals surface area contributed by atoms with Gasteiger partial charge in [0.1, 0.15) is 6.04 Å². The third kappa shape index (κ3) is 3.93. The predicted octanol–water partition coefficient (Wildman–Crippen LogP) is 2.39. The van der Waals surface area contributed by atoms with Gasteiger partial charge in [-0.2, -0.15) is 9.82 Å². The summed E-state index contributed by atoms with van der Waals surface area (Å²) >= 11 is 0. The van der Waals surface area contributed by atoms with Crippen LogP contribution in [0.3, 0.4) is 0 Å². The van der Waals surface area contributed by atoms with Crippen LogP contribution in [0.2, 0.25) is 0 Å². The lowest BCUT2D eigenvalue weighted by molar-refractivity contribution is -0.139. The largest absolute Gasteiger partial charge is 0.480 e. The molecule has 2 rings (SSSR count). The Morgan fingerprint density at radius 1 is 1.29 bits per heavy atom. The topological polar surface area (TPSA) is 101 Å². The number of benzene rings is 1. The number of fused-ring (bicyclic) bond motifs is 1. The lowest BCUT2D eigenvalue weighted by Crippen LogP contribution is -2.41. The number of aromatic nitrogens is 2. The van der Waals surface area contributed by atoms with Crippen LogP contribution in [-0.2, 0) is 14.8 Å². The lowest BCUT2D eigenvalue weighted by atomic mass is 10.1. The van der Waals surface area contributed by atoms with Crippen molar-refractivity contribution >= 4 is 26.9 Å². The number of aliphatic carboxylic acids is 1. The summed E-state index contributed by atoms with van der Waals surface area (Å²) in [6, 6.07) is 3.68. The fourth-order valence-electron chi connectivity index (χ4n) is 2.54. The zero-order valence-corrected chi connectivity index (χ0v) is 15.0. The van der Waals surface area contributed by atoms with Crippen molar-refractivity contribution in [1.29, 1.82) is 0 Å². The molecule has 0 spiro atoms. The van der Waals surface area contributed by atoms with E-state index in [-0.39, 0.29) is 23.3 Å². The van der Waals surface area contributed by atoms with E-state index in [1.807, 2.05) is 27.7 Å². The molecule has 0 aliphatic rings. The molecule has 0 aliphatic heterocycles. The van der Waals surface area contributed by atoms with Crippen LogP contribution in [0.15, 0.2) is 29.3 Å². The van der Waals surface area contributed by atoms with Gasteiger partial charge in [0.05, 0.1) is 16.6 Å². The summed E-state index contributed by atoms with van der Waals surface area (Å²) < 4.78 is 29.1. The van der Waals surface area contributed by atoms with Crippen LogP contribution in [0.1, 0.15) is 40.2 Å². The molecule has 0 fully saturated rings. The van der Waals surface area contributed by atoms with Crippen LogP contribution in [0, 0.1) is 5.92 Å². The first-order valence-electron chi connectivity index (χ1n) is 7.84. The molecule has 7 nitrogen and oxygen atoms in total. The molecule has 2 aromatic rings. The minimum atomic E-state index is -3.92. The number of hydrogen-bond acceptors (Lipinski definition) is 4. The summed E-state index contributed by atoms with van der Waals surface area (Å²) in [5, 5.41) is 14.2. The van der Waals surface area contributed by atoms with Gasteiger partial charge in [-0.1, -0.05) is 13.8 Å². The van der Waals surface area contributed by atoms with Crippen molar-refractivity contribution in [2.75, 3.05) is 0 Å². The molecule has 24 heavy (non-hydrogen) atoms. The number of nitrogens with one attached hydrogen (secondary N) is 1. The Morgan fingerprint density at radius 3 is 2.50 bits per heavy atom. The van der Waals surface area contributed by atoms with Crippen molar-refractivity contribution in [2.24, 2.45) is 5.92 Å². The van der Waals surface area contributed by atoms with Crippen LogP contribution in [0.25, 0.3) is 10.9 Å². The summed E-state index contributed by atoms with van der Waals surface area (Å²) in [5.41, 5.74) is 0.834. The quantitative estimate of drug-likeness (QED) is 0.796. The van der Waals surface area contributed by atoms with Gasteiger partial charge in [-0.25, -0.2) is 8.42 Å². The van der Waals surface area contributed by atoms with Gasteiger partial charge in [0.15, 0.2) is 0 Å². The van der Waals surface area contributed by atoms with E-state index in [4.69, 9.17) is 0 Å². The summed E-state index contributed by atoms with van der Waals surface area (Å²) in [5.74, 6) is -1.12. The van der Waals surface area contributed by atoms with Crippen LogP contribution < -0.4 is 4.72 Å². The first-order valence-corrected chi connectivity index (χ1v) is 9.32. The van der Waals surface area contributed by atoms with E-state index >= 15 is 0 Å². The highest BCUT2D eigenvalue weighted by atomic mass is 32.2. The average Bonchev–Trinajstić information content (AvgIpc) is 2.88. The average molecular weight is 353 g/mol. The zero-order chi connectivity index (χ0) is 18.1. The highest BCUT2D eigenvalue weighted by molar-refractivity contribution is 7.89. The first-order chi connectivity index (χ1) is 11.1. The summed E-state index contributed by atoms with van der Waals surface area (Å²) in [6.45, 7) is 7.66. The van der Waals surface area contributed by atoms with Crippen LogP contribution in [-0.4, -0.2) is 35.3 Å². The molecule has 0 amide bonds. The number of rotatable bonds is 7. The molecular weight excluding hydrogens is 330 g/mol. The van der Waals surface area contributed by atoms with Gasteiger partial charge in [0.25, 0.3) is 0 Å². The Balaban J connectivity index is 2.35. The van der Waals surface area contributed by atoms with E-state index in [1.54, 1.807) is 16.9 Å². The summed E-state index contributed by atoms with van der Waals surface area (Å²) in [6.07, 6.45) is 1.83. The number of carbonyl (C=O) groups is 1. The Hall–Kier alpha value is -1.93. The Bertz CT molecular complexity index is 840. The number of hydrogen-bond donors (Lipinski definition) is 2. The van der Waals surface area contributed by atoms with Gasteiger partial charge < -0.3 is 5.11 Å². The van der Waals surface area contributed by atoms with E-state index in [2.05, 4.69) is 9.82 Å². The van der Waals surface area contributed by atoms with Crippen molar-refractivity contribution in [1.82, 2.24) is 14.5 Å². The smallest absolute Gasteiger partial charge is 0.321 e. The molecule has 0 radical (unpaired) electrons. The fraction of sp³-hybridized carbons (Fsp3) is 0.500. The van der Waals surface area contributed by atoms with Gasteiger partial charge in [0.2, 0.25) is 10.0 Å². The van der Waals surface area contributed by atoms with Crippen molar-refractivity contribution in [3.63, 3.8) is 0 Å². The van der Waals surface area contributed by atoms with Crippen LogP contribution in [0.4, 0.5) is 0 Å². The molecule has 2 N–H and O–H groups in total. The van der Waals surface area contributed by atoms with Crippen molar-refractivity contribution < 1.29 is 18.3 Å². The predicted molar refractivity (Wildman–Crippen MR) is 91.3 cm³/mol. The van der Waals surface area contributed by atoms with Gasteiger partial charge in [-0.15, -0.1) is 0 Å². The maximum atomic E-state index is 12.5. The number of sulfonamides is 1. The summed E-state index contributed by atoms with van der Waals surface area (Å²) in [4.78, 5) is 11.3.